The van der Waals surface area contributed by atoms with Crippen LogP contribution in [0.4, 0.5) is 0 Å². The summed E-state index contributed by atoms with van der Waals surface area (Å²) in [6, 6.07) is 0. The van der Waals surface area contributed by atoms with Gasteiger partial charge in [0.2, 0.25) is 0 Å². The average molecular weight is 166 g/mol. The van der Waals surface area contributed by atoms with Crippen LogP contribution >= 0.6 is 0 Å². The zero-order chi connectivity index (χ0) is 9.41. The largest absolute Gasteiger partial charge is 0.550 e. The number of hydrogen-bond donors (Lipinski definition) is 0. The van der Waals surface area contributed by atoms with Crippen molar-refractivity contribution in [1.29, 1.82) is 0 Å². The smallest absolute Gasteiger partial charge is 0.392 e. The topological polar surface area (TPSA) is 18.5 Å². The van der Waals surface area contributed by atoms with Crippen LogP contribution in [0.1, 0.15) is 34.1 Å². The third-order valence-electron chi connectivity index (χ3n) is 2.85. The predicted molar refractivity (Wildman–Crippen MR) is 49.5 cm³/mol. The highest BCUT2D eigenvalue weighted by Crippen LogP contribution is 2.39. The zero-order valence-electron chi connectivity index (χ0n) is 8.18. The summed E-state index contributed by atoms with van der Waals surface area (Å²) in [5.41, 5.74) is -0.553. The van der Waals surface area contributed by atoms with E-state index in [4.69, 9.17) is 15.7 Å². The van der Waals surface area contributed by atoms with Crippen molar-refractivity contribution in [2.24, 2.45) is 0 Å². The Morgan fingerprint density at radius 1 is 1.33 bits per heavy atom. The monoisotopic (exact) mass is 166 g/mol. The molecule has 0 aliphatic carbocycles. The second kappa shape index (κ2) is 2.79. The van der Waals surface area contributed by atoms with Crippen LogP contribution in [0.15, 0.2) is 0 Å². The van der Waals surface area contributed by atoms with E-state index in [1.54, 1.807) is 0 Å². The Balaban J connectivity index is 2.85. The molecule has 1 heterocycles. The maximum atomic E-state index is 5.60. The van der Waals surface area contributed by atoms with Crippen LogP contribution in [-0.2, 0) is 9.31 Å². The number of rotatable bonds is 1. The highest BCUT2D eigenvalue weighted by atomic mass is 16.7. The van der Waals surface area contributed by atoms with Crippen molar-refractivity contribution < 1.29 is 9.31 Å². The van der Waals surface area contributed by atoms with Crippen LogP contribution in [0.3, 0.4) is 0 Å². The quantitative estimate of drug-likeness (QED) is 0.435. The van der Waals surface area contributed by atoms with Gasteiger partial charge in [-0.15, -0.1) is 6.42 Å². The van der Waals surface area contributed by atoms with Crippen molar-refractivity contribution in [2.45, 2.75) is 45.3 Å². The van der Waals surface area contributed by atoms with Gasteiger partial charge < -0.3 is 9.31 Å². The van der Waals surface area contributed by atoms with Gasteiger partial charge in [0.25, 0.3) is 0 Å². The van der Waals surface area contributed by atoms with Crippen LogP contribution in [0.2, 0.25) is 0 Å². The third kappa shape index (κ3) is 1.26. The Kier molecular flexibility index (Phi) is 2.24. The Hall–Kier alpha value is -0.455. The summed E-state index contributed by atoms with van der Waals surface area (Å²) in [7, 11) is -0.482. The molecule has 0 aromatic heterocycles. The van der Waals surface area contributed by atoms with Crippen molar-refractivity contribution in [2.75, 3.05) is 0 Å². The van der Waals surface area contributed by atoms with Crippen molar-refractivity contribution in [3.63, 3.8) is 0 Å². The zero-order valence-corrected chi connectivity index (χ0v) is 8.18. The SMILES string of the molecule is C#CB1OC(C)(C)C(C)(CC)O1. The van der Waals surface area contributed by atoms with E-state index >= 15 is 0 Å². The summed E-state index contributed by atoms with van der Waals surface area (Å²) >= 11 is 0. The molecule has 1 unspecified atom stereocenters. The van der Waals surface area contributed by atoms with E-state index in [0.717, 1.165) is 6.42 Å². The van der Waals surface area contributed by atoms with Gasteiger partial charge in [-0.05, 0) is 27.2 Å². The molecule has 66 valence electrons. The summed E-state index contributed by atoms with van der Waals surface area (Å²) in [5.74, 6) is 2.46. The van der Waals surface area contributed by atoms with Crippen molar-refractivity contribution >= 4 is 7.12 Å². The molecule has 1 aliphatic rings. The third-order valence-corrected chi connectivity index (χ3v) is 2.85. The first-order valence-electron chi connectivity index (χ1n) is 4.27. The Bertz CT molecular complexity index is 219. The molecule has 0 saturated carbocycles. The van der Waals surface area contributed by atoms with E-state index in [1.165, 1.54) is 0 Å². The van der Waals surface area contributed by atoms with Crippen molar-refractivity contribution in [3.05, 3.63) is 0 Å². The Morgan fingerprint density at radius 3 is 2.17 bits per heavy atom. The second-order valence-electron chi connectivity index (χ2n) is 3.83. The molecule has 0 amide bonds. The van der Waals surface area contributed by atoms with Gasteiger partial charge in [0.1, 0.15) is 0 Å². The Morgan fingerprint density at radius 2 is 1.92 bits per heavy atom. The maximum absolute atomic E-state index is 5.60. The van der Waals surface area contributed by atoms with Gasteiger partial charge in [0.15, 0.2) is 0 Å². The maximum Gasteiger partial charge on any atom is 0.550 e. The molecule has 0 aromatic carbocycles. The first-order valence-corrected chi connectivity index (χ1v) is 4.27. The first-order chi connectivity index (χ1) is 5.45. The van der Waals surface area contributed by atoms with Crippen LogP contribution in [0.5, 0.6) is 0 Å². The fraction of sp³-hybridized carbons (Fsp3) is 0.778. The molecule has 1 aliphatic heterocycles. The van der Waals surface area contributed by atoms with Crippen LogP contribution in [0.25, 0.3) is 0 Å². The van der Waals surface area contributed by atoms with Gasteiger partial charge in [-0.25, -0.2) is 0 Å². The molecule has 1 fully saturated rings. The lowest BCUT2D eigenvalue weighted by atomic mass is 9.86. The minimum atomic E-state index is -0.482. The van der Waals surface area contributed by atoms with E-state index in [1.807, 2.05) is 20.8 Å². The molecule has 1 rings (SSSR count). The van der Waals surface area contributed by atoms with Crippen LogP contribution < -0.4 is 0 Å². The first kappa shape index (κ1) is 9.63. The van der Waals surface area contributed by atoms with Gasteiger partial charge in [0.05, 0.1) is 11.2 Å². The molecule has 1 saturated heterocycles. The average Bonchev–Trinajstić information content (AvgIpc) is 2.24. The summed E-state index contributed by atoms with van der Waals surface area (Å²) < 4.78 is 11.2. The highest BCUT2D eigenvalue weighted by molar-refractivity contribution is 6.55. The summed E-state index contributed by atoms with van der Waals surface area (Å²) in [6.07, 6.45) is 6.13. The lowest BCUT2D eigenvalue weighted by Crippen LogP contribution is -2.44. The van der Waals surface area contributed by atoms with E-state index in [9.17, 15) is 0 Å². The molecule has 0 N–H and O–H groups in total. The van der Waals surface area contributed by atoms with E-state index in [0.29, 0.717) is 0 Å². The molecular formula is C9H15BO2. The molecule has 2 nitrogen and oxygen atoms in total. The second-order valence-corrected chi connectivity index (χ2v) is 3.83. The van der Waals surface area contributed by atoms with Crippen LogP contribution in [0, 0.1) is 12.2 Å². The fourth-order valence-corrected chi connectivity index (χ4v) is 1.37. The Labute approximate surface area is 74.8 Å². The van der Waals surface area contributed by atoms with Gasteiger partial charge in [-0.1, -0.05) is 12.7 Å². The molecular weight excluding hydrogens is 151 g/mol. The predicted octanol–water partition coefficient (Wildman–Crippen LogP) is 1.64. The lowest BCUT2D eigenvalue weighted by Gasteiger charge is -2.35. The normalized spacial score (nSPS) is 33.4. The molecule has 0 aromatic rings. The molecule has 0 radical (unpaired) electrons. The van der Waals surface area contributed by atoms with Gasteiger partial charge in [-0.3, -0.25) is 0 Å². The van der Waals surface area contributed by atoms with Crippen LogP contribution in [-0.4, -0.2) is 18.3 Å². The van der Waals surface area contributed by atoms with E-state index < -0.39 is 7.12 Å². The summed E-state index contributed by atoms with van der Waals surface area (Å²) in [6.45, 7) is 8.12. The lowest BCUT2D eigenvalue weighted by molar-refractivity contribution is -0.0118. The number of hydrogen-bond acceptors (Lipinski definition) is 2. The standard InChI is InChI=1S/C9H15BO2/c1-6-9(5)8(3,4)11-10(7-2)12-9/h2H,6H2,1,3-5H3. The number of terminal acetylenes is 1. The van der Waals surface area contributed by atoms with Gasteiger partial charge >= 0.3 is 7.12 Å². The van der Waals surface area contributed by atoms with Crippen molar-refractivity contribution in [3.8, 4) is 12.2 Å². The summed E-state index contributed by atoms with van der Waals surface area (Å²) in [4.78, 5) is 0. The summed E-state index contributed by atoms with van der Waals surface area (Å²) in [5, 5.41) is 0. The fourth-order valence-electron chi connectivity index (χ4n) is 1.37. The van der Waals surface area contributed by atoms with Crippen molar-refractivity contribution in [1.82, 2.24) is 0 Å². The molecule has 12 heavy (non-hydrogen) atoms. The molecule has 0 bridgehead atoms. The van der Waals surface area contributed by atoms with Gasteiger partial charge in [-0.2, -0.15) is 0 Å². The highest BCUT2D eigenvalue weighted by Gasteiger charge is 2.52. The minimum Gasteiger partial charge on any atom is -0.392 e. The molecule has 3 heteroatoms. The molecule has 0 spiro atoms. The molecule has 1 atom stereocenters. The van der Waals surface area contributed by atoms with E-state index in [-0.39, 0.29) is 11.2 Å². The minimum absolute atomic E-state index is 0.260. The van der Waals surface area contributed by atoms with E-state index in [2.05, 4.69) is 12.7 Å². The van der Waals surface area contributed by atoms with Gasteiger partial charge in [0, 0.05) is 0 Å².